The standard InChI is InChI=1S/C18H26N6O2S.C2H2O4/c1-13(25)21-11-14-5-6-16(26-14)15-12-27-18(22-15)23-17(19)20-7-10-24-8-3-2-4-9-24;3-1(4)2(5)6/h5-6,12H,2-4,7-11H2,1H3,(H,21,25)(H3,19,20,22,23);(H,3,4)(H,5,6). The van der Waals surface area contributed by atoms with E-state index < -0.39 is 11.9 Å². The lowest BCUT2D eigenvalue weighted by Crippen LogP contribution is -2.40. The van der Waals surface area contributed by atoms with Gasteiger partial charge in [-0.2, -0.15) is 4.99 Å². The minimum atomic E-state index is -1.82. The number of piperidine rings is 1. The molecule has 2 aromatic rings. The molecule has 1 aliphatic rings. The number of likely N-dealkylation sites (tertiary alicyclic amines) is 1. The highest BCUT2D eigenvalue weighted by molar-refractivity contribution is 7.13. The minimum absolute atomic E-state index is 0.0958. The Morgan fingerprint density at radius 1 is 1.18 bits per heavy atom. The fraction of sp³-hybridized carbons (Fsp3) is 0.450. The van der Waals surface area contributed by atoms with Gasteiger partial charge in [-0.25, -0.2) is 14.6 Å². The van der Waals surface area contributed by atoms with E-state index in [2.05, 4.69) is 25.5 Å². The number of amides is 1. The highest BCUT2D eigenvalue weighted by atomic mass is 32.1. The quantitative estimate of drug-likeness (QED) is 0.219. The second-order valence-electron chi connectivity index (χ2n) is 7.13. The second-order valence-corrected chi connectivity index (χ2v) is 7.96. The van der Waals surface area contributed by atoms with Crippen LogP contribution in [-0.4, -0.2) is 70.1 Å². The van der Waals surface area contributed by atoms with Crippen LogP contribution in [0.2, 0.25) is 0 Å². The van der Waals surface area contributed by atoms with E-state index in [-0.39, 0.29) is 5.91 Å². The number of guanidine groups is 1. The van der Waals surface area contributed by atoms with Crippen molar-refractivity contribution in [2.45, 2.75) is 32.7 Å². The predicted molar refractivity (Wildman–Crippen MR) is 122 cm³/mol. The first kappa shape index (κ1) is 25.8. The van der Waals surface area contributed by atoms with Gasteiger partial charge in [-0.15, -0.1) is 11.3 Å². The number of hydrogen-bond donors (Lipinski definition) is 5. The van der Waals surface area contributed by atoms with Crippen LogP contribution in [0.5, 0.6) is 0 Å². The molecule has 0 atom stereocenters. The second kappa shape index (κ2) is 13.2. The van der Waals surface area contributed by atoms with Gasteiger partial charge >= 0.3 is 11.9 Å². The number of nitrogens with two attached hydrogens (primary N) is 1. The van der Waals surface area contributed by atoms with Crippen molar-refractivity contribution in [2.75, 3.05) is 26.2 Å². The van der Waals surface area contributed by atoms with E-state index in [9.17, 15) is 4.79 Å². The summed E-state index contributed by atoms with van der Waals surface area (Å²) in [5, 5.41) is 23.1. The Hall–Kier alpha value is -3.45. The van der Waals surface area contributed by atoms with Crippen LogP contribution < -0.4 is 16.4 Å². The third-order valence-corrected chi connectivity index (χ3v) is 5.23. The zero-order valence-corrected chi connectivity index (χ0v) is 19.1. The molecule has 33 heavy (non-hydrogen) atoms. The number of nitrogens with zero attached hydrogens (tertiary/aromatic N) is 3. The van der Waals surface area contributed by atoms with Crippen molar-refractivity contribution >= 4 is 40.3 Å². The largest absolute Gasteiger partial charge is 0.473 e. The zero-order chi connectivity index (χ0) is 24.2. The van der Waals surface area contributed by atoms with Crippen LogP contribution in [0.15, 0.2) is 26.9 Å². The van der Waals surface area contributed by atoms with Crippen LogP contribution in [0, 0.1) is 0 Å². The van der Waals surface area contributed by atoms with Gasteiger partial charge in [0.05, 0.1) is 6.54 Å². The molecule has 0 aliphatic carbocycles. The Balaban J connectivity index is 0.000000569. The lowest BCUT2D eigenvalue weighted by atomic mass is 10.1. The van der Waals surface area contributed by atoms with Crippen molar-refractivity contribution in [1.82, 2.24) is 20.5 Å². The third kappa shape index (κ3) is 9.70. The van der Waals surface area contributed by atoms with E-state index in [1.54, 1.807) is 0 Å². The molecule has 12 nitrogen and oxygen atoms in total. The number of nitrogens with one attached hydrogen (secondary N) is 2. The SMILES string of the molecule is CC(=O)NCc1ccc(-c2csc(N=C(N)NCCN3CCCCC3)n2)o1.O=C(O)C(=O)O. The fourth-order valence-electron chi connectivity index (χ4n) is 2.92. The molecule has 0 saturated carbocycles. The molecular formula is C20H28N6O6S. The molecule has 1 fully saturated rings. The molecule has 6 N–H and O–H groups in total. The van der Waals surface area contributed by atoms with Crippen molar-refractivity contribution < 1.29 is 29.0 Å². The number of carboxylic acid groups (broad SMARTS) is 2. The monoisotopic (exact) mass is 480 g/mol. The third-order valence-electron chi connectivity index (χ3n) is 4.50. The van der Waals surface area contributed by atoms with E-state index in [4.69, 9.17) is 30.0 Å². The Morgan fingerprint density at radius 3 is 2.52 bits per heavy atom. The predicted octanol–water partition coefficient (Wildman–Crippen LogP) is 1.22. The maximum atomic E-state index is 11.0. The van der Waals surface area contributed by atoms with Crippen LogP contribution in [0.25, 0.3) is 11.5 Å². The van der Waals surface area contributed by atoms with E-state index in [0.717, 1.165) is 13.1 Å². The average Bonchev–Trinajstić information content (AvgIpc) is 3.43. The first-order valence-corrected chi connectivity index (χ1v) is 11.2. The molecule has 0 radical (unpaired) electrons. The molecule has 2 aromatic heterocycles. The summed E-state index contributed by atoms with van der Waals surface area (Å²) in [6.07, 6.45) is 3.90. The maximum absolute atomic E-state index is 11.0. The summed E-state index contributed by atoms with van der Waals surface area (Å²) in [4.78, 5) is 40.4. The van der Waals surface area contributed by atoms with Crippen molar-refractivity contribution in [3.63, 3.8) is 0 Å². The summed E-state index contributed by atoms with van der Waals surface area (Å²) in [5.41, 5.74) is 6.67. The van der Waals surface area contributed by atoms with Gasteiger partial charge < -0.3 is 35.9 Å². The highest BCUT2D eigenvalue weighted by Crippen LogP contribution is 2.28. The summed E-state index contributed by atoms with van der Waals surface area (Å²) in [6.45, 7) is 5.92. The number of rotatable bonds is 7. The first-order chi connectivity index (χ1) is 15.7. The number of hydrogen-bond acceptors (Lipinski definition) is 8. The van der Waals surface area contributed by atoms with Gasteiger partial charge in [-0.1, -0.05) is 6.42 Å². The smallest absolute Gasteiger partial charge is 0.414 e. The van der Waals surface area contributed by atoms with Crippen LogP contribution >= 0.6 is 11.3 Å². The van der Waals surface area contributed by atoms with Crippen molar-refractivity contribution in [3.8, 4) is 11.5 Å². The number of aliphatic carboxylic acids is 2. The Labute approximate surface area is 194 Å². The summed E-state index contributed by atoms with van der Waals surface area (Å²) >= 11 is 1.40. The number of thiazole rings is 1. The van der Waals surface area contributed by atoms with Crippen molar-refractivity contribution in [3.05, 3.63) is 23.3 Å². The average molecular weight is 481 g/mol. The van der Waals surface area contributed by atoms with E-state index in [1.807, 2.05) is 17.5 Å². The number of furan rings is 1. The van der Waals surface area contributed by atoms with Gasteiger partial charge in [0.1, 0.15) is 11.5 Å². The molecule has 0 unspecified atom stereocenters. The first-order valence-electron chi connectivity index (χ1n) is 10.3. The number of aliphatic imine (C=N–C) groups is 1. The van der Waals surface area contributed by atoms with Crippen LogP contribution in [0.3, 0.4) is 0 Å². The summed E-state index contributed by atoms with van der Waals surface area (Å²) in [6, 6.07) is 3.66. The Kier molecular flexibility index (Phi) is 10.3. The Bertz CT molecular complexity index is 954. The summed E-state index contributed by atoms with van der Waals surface area (Å²) in [5.74, 6) is -2.05. The number of aromatic nitrogens is 1. The van der Waals surface area contributed by atoms with Crippen LogP contribution in [0.1, 0.15) is 31.9 Å². The van der Waals surface area contributed by atoms with Crippen LogP contribution in [-0.2, 0) is 20.9 Å². The normalized spacial score (nSPS) is 14.2. The Morgan fingerprint density at radius 2 is 1.88 bits per heavy atom. The molecule has 1 amide bonds. The molecule has 1 aliphatic heterocycles. The highest BCUT2D eigenvalue weighted by Gasteiger charge is 2.11. The van der Waals surface area contributed by atoms with Gasteiger partial charge in [0, 0.05) is 25.4 Å². The fourth-order valence-corrected chi connectivity index (χ4v) is 3.61. The van der Waals surface area contributed by atoms with Crippen molar-refractivity contribution in [1.29, 1.82) is 0 Å². The minimum Gasteiger partial charge on any atom is -0.473 e. The van der Waals surface area contributed by atoms with Crippen molar-refractivity contribution in [2.24, 2.45) is 10.7 Å². The van der Waals surface area contributed by atoms with Gasteiger partial charge in [0.2, 0.25) is 11.0 Å². The molecule has 0 aromatic carbocycles. The lowest BCUT2D eigenvalue weighted by Gasteiger charge is -2.26. The molecule has 180 valence electrons. The molecule has 0 bridgehead atoms. The maximum Gasteiger partial charge on any atom is 0.414 e. The summed E-state index contributed by atoms with van der Waals surface area (Å²) < 4.78 is 5.70. The van der Waals surface area contributed by atoms with Gasteiger partial charge in [-0.3, -0.25) is 4.79 Å². The molecule has 13 heteroatoms. The van der Waals surface area contributed by atoms with Crippen LogP contribution in [0.4, 0.5) is 5.13 Å². The zero-order valence-electron chi connectivity index (χ0n) is 18.2. The van der Waals surface area contributed by atoms with E-state index in [1.165, 1.54) is 50.6 Å². The summed E-state index contributed by atoms with van der Waals surface area (Å²) in [7, 11) is 0. The van der Waals surface area contributed by atoms with Gasteiger partial charge in [0.25, 0.3) is 0 Å². The topological polar surface area (TPSA) is 183 Å². The van der Waals surface area contributed by atoms with E-state index in [0.29, 0.717) is 34.9 Å². The van der Waals surface area contributed by atoms with Gasteiger partial charge in [0.15, 0.2) is 11.7 Å². The molecule has 3 heterocycles. The van der Waals surface area contributed by atoms with Gasteiger partial charge in [-0.05, 0) is 38.1 Å². The molecule has 1 saturated heterocycles. The molecular weight excluding hydrogens is 452 g/mol. The number of carbonyl (C=O) groups excluding carboxylic acids is 1. The number of carboxylic acids is 2. The molecule has 0 spiro atoms. The molecule has 3 rings (SSSR count). The van der Waals surface area contributed by atoms with E-state index >= 15 is 0 Å². The lowest BCUT2D eigenvalue weighted by molar-refractivity contribution is -0.159. The number of carbonyl (C=O) groups is 3.